The summed E-state index contributed by atoms with van der Waals surface area (Å²) in [6, 6.07) is 0. The molecule has 5 heteroatoms. The molecular formula is C8H15F3N2. The molecule has 2 nitrogen and oxygen atoms in total. The molecule has 0 saturated carbocycles. The molecule has 1 saturated heterocycles. The van der Waals surface area contributed by atoms with Crippen LogP contribution < -0.4 is 5.73 Å². The second-order valence-electron chi connectivity index (χ2n) is 3.60. The van der Waals surface area contributed by atoms with Gasteiger partial charge in [0.15, 0.2) is 0 Å². The van der Waals surface area contributed by atoms with Gasteiger partial charge in [0.1, 0.15) is 0 Å². The van der Waals surface area contributed by atoms with Crippen LogP contribution in [0.2, 0.25) is 0 Å². The van der Waals surface area contributed by atoms with Gasteiger partial charge in [-0.05, 0) is 13.0 Å². The lowest BCUT2D eigenvalue weighted by Crippen LogP contribution is -2.40. The Kier molecular flexibility index (Phi) is 3.55. The molecule has 13 heavy (non-hydrogen) atoms. The van der Waals surface area contributed by atoms with E-state index in [9.17, 15) is 13.2 Å². The third-order valence-corrected chi connectivity index (χ3v) is 2.34. The van der Waals surface area contributed by atoms with Crippen LogP contribution in [-0.4, -0.2) is 43.7 Å². The molecule has 78 valence electrons. The molecule has 0 radical (unpaired) electrons. The zero-order valence-corrected chi connectivity index (χ0v) is 7.48. The molecule has 1 unspecified atom stereocenters. The number of halogens is 3. The summed E-state index contributed by atoms with van der Waals surface area (Å²) < 4.78 is 37.7. The van der Waals surface area contributed by atoms with Crippen LogP contribution >= 0.6 is 0 Å². The van der Waals surface area contributed by atoms with Crippen LogP contribution in [0.3, 0.4) is 0 Å². The quantitative estimate of drug-likeness (QED) is 0.723. The van der Waals surface area contributed by atoms with E-state index in [2.05, 4.69) is 0 Å². The molecular weight excluding hydrogens is 181 g/mol. The van der Waals surface area contributed by atoms with Gasteiger partial charge >= 0.3 is 0 Å². The predicted octanol–water partition coefficient (Wildman–Crippen LogP) is 0.872. The topological polar surface area (TPSA) is 29.3 Å². The largest absolute Gasteiger partial charge is 0.325 e. The minimum atomic E-state index is -2.83. The van der Waals surface area contributed by atoms with E-state index < -0.39 is 19.1 Å². The number of nitrogens with zero attached hydrogens (tertiary/aromatic N) is 1. The smallest absolute Gasteiger partial charge is 0.272 e. The van der Waals surface area contributed by atoms with Crippen LogP contribution in [0.1, 0.15) is 6.42 Å². The van der Waals surface area contributed by atoms with Crippen LogP contribution in [-0.2, 0) is 0 Å². The Labute approximate surface area is 75.9 Å². The Morgan fingerprint density at radius 2 is 2.15 bits per heavy atom. The first kappa shape index (κ1) is 10.8. The first-order chi connectivity index (χ1) is 6.07. The van der Waals surface area contributed by atoms with E-state index >= 15 is 0 Å². The van der Waals surface area contributed by atoms with Crippen molar-refractivity contribution in [2.45, 2.75) is 12.3 Å². The van der Waals surface area contributed by atoms with E-state index in [4.69, 9.17) is 5.73 Å². The third-order valence-electron chi connectivity index (χ3n) is 2.34. The summed E-state index contributed by atoms with van der Waals surface area (Å²) in [7, 11) is 0. The number of hydrogen-bond donors (Lipinski definition) is 1. The van der Waals surface area contributed by atoms with Gasteiger partial charge < -0.3 is 5.73 Å². The molecule has 1 aliphatic rings. The Balaban J connectivity index is 2.31. The summed E-state index contributed by atoms with van der Waals surface area (Å²) in [5, 5.41) is 0. The molecule has 1 atom stereocenters. The highest BCUT2D eigenvalue weighted by Gasteiger charge is 2.33. The molecule has 0 aromatic carbocycles. The second kappa shape index (κ2) is 4.28. The summed E-state index contributed by atoms with van der Waals surface area (Å²) in [6.45, 7) is -0.384. The molecule has 2 N–H and O–H groups in total. The van der Waals surface area contributed by atoms with E-state index in [1.165, 1.54) is 0 Å². The monoisotopic (exact) mass is 196 g/mol. The van der Waals surface area contributed by atoms with Gasteiger partial charge in [0.2, 0.25) is 0 Å². The minimum absolute atomic E-state index is 0.0615. The highest BCUT2D eigenvalue weighted by molar-refractivity contribution is 4.80. The summed E-state index contributed by atoms with van der Waals surface area (Å²) in [5.41, 5.74) is 4.90. The lowest BCUT2D eigenvalue weighted by molar-refractivity contribution is -0.0190. The van der Waals surface area contributed by atoms with E-state index in [0.29, 0.717) is 19.5 Å². The van der Waals surface area contributed by atoms with Crippen molar-refractivity contribution in [2.24, 2.45) is 11.7 Å². The maximum Gasteiger partial charge on any atom is 0.272 e. The molecule has 0 amide bonds. The van der Waals surface area contributed by atoms with Crippen molar-refractivity contribution in [2.75, 3.05) is 32.9 Å². The maximum absolute atomic E-state index is 12.8. The maximum atomic E-state index is 12.8. The molecule has 1 rings (SSSR count). The molecule has 0 aromatic rings. The van der Waals surface area contributed by atoms with Gasteiger partial charge in [0.05, 0.1) is 19.8 Å². The van der Waals surface area contributed by atoms with Crippen molar-refractivity contribution in [3.8, 4) is 0 Å². The number of nitrogens with two attached hydrogens (primary N) is 1. The fourth-order valence-corrected chi connectivity index (χ4v) is 1.57. The molecule has 1 aliphatic heterocycles. The van der Waals surface area contributed by atoms with E-state index in [0.717, 1.165) is 0 Å². The lowest BCUT2D eigenvalue weighted by Gasteiger charge is -2.21. The zero-order valence-electron chi connectivity index (χ0n) is 7.48. The van der Waals surface area contributed by atoms with E-state index in [1.54, 1.807) is 4.90 Å². The number of hydrogen-bond acceptors (Lipinski definition) is 2. The first-order valence-electron chi connectivity index (χ1n) is 4.43. The summed E-state index contributed by atoms with van der Waals surface area (Å²) in [5.74, 6) is -2.89. The van der Waals surface area contributed by atoms with Gasteiger partial charge in [-0.1, -0.05) is 0 Å². The minimum Gasteiger partial charge on any atom is -0.325 e. The Morgan fingerprint density at radius 1 is 1.46 bits per heavy atom. The fraction of sp³-hybridized carbons (Fsp3) is 1.00. The third kappa shape index (κ3) is 3.15. The van der Waals surface area contributed by atoms with Crippen molar-refractivity contribution in [3.05, 3.63) is 0 Å². The molecule has 0 aliphatic carbocycles. The summed E-state index contributed by atoms with van der Waals surface area (Å²) >= 11 is 0. The molecule has 1 heterocycles. The normalized spacial score (nSPS) is 25.4. The molecule has 0 spiro atoms. The van der Waals surface area contributed by atoms with Gasteiger partial charge in [0.25, 0.3) is 5.92 Å². The lowest BCUT2D eigenvalue weighted by atomic mass is 10.1. The van der Waals surface area contributed by atoms with Crippen LogP contribution in [0.15, 0.2) is 0 Å². The number of rotatable bonds is 4. The van der Waals surface area contributed by atoms with Gasteiger partial charge in [-0.25, -0.2) is 8.78 Å². The first-order valence-corrected chi connectivity index (χ1v) is 4.43. The van der Waals surface area contributed by atoms with E-state index in [-0.39, 0.29) is 12.5 Å². The Hall–Kier alpha value is -0.290. The van der Waals surface area contributed by atoms with Crippen LogP contribution in [0.5, 0.6) is 0 Å². The average Bonchev–Trinajstić information content (AvgIpc) is 2.52. The van der Waals surface area contributed by atoms with Crippen molar-refractivity contribution in [1.29, 1.82) is 0 Å². The standard InChI is InChI=1S/C8H15F3N2/c9-3-7-1-2-13(4-7)6-8(10,11)5-12/h7H,1-6,12H2. The van der Waals surface area contributed by atoms with Crippen LogP contribution in [0.4, 0.5) is 13.2 Å². The second-order valence-corrected chi connectivity index (χ2v) is 3.60. The van der Waals surface area contributed by atoms with Gasteiger partial charge in [-0.3, -0.25) is 9.29 Å². The van der Waals surface area contributed by atoms with Crippen molar-refractivity contribution in [1.82, 2.24) is 4.90 Å². The number of alkyl halides is 3. The van der Waals surface area contributed by atoms with Crippen LogP contribution in [0.25, 0.3) is 0 Å². The average molecular weight is 196 g/mol. The summed E-state index contributed by atoms with van der Waals surface area (Å²) in [4.78, 5) is 1.58. The molecule has 0 aromatic heterocycles. The van der Waals surface area contributed by atoms with Crippen molar-refractivity contribution < 1.29 is 13.2 Å². The predicted molar refractivity (Wildman–Crippen MR) is 44.5 cm³/mol. The van der Waals surface area contributed by atoms with E-state index in [1.807, 2.05) is 0 Å². The van der Waals surface area contributed by atoms with Gasteiger partial charge in [0, 0.05) is 12.5 Å². The molecule has 1 fully saturated rings. The Bertz CT molecular complexity index is 163. The highest BCUT2D eigenvalue weighted by atomic mass is 19.3. The Morgan fingerprint density at radius 3 is 2.62 bits per heavy atom. The highest BCUT2D eigenvalue weighted by Crippen LogP contribution is 2.21. The van der Waals surface area contributed by atoms with Crippen molar-refractivity contribution >= 4 is 0 Å². The van der Waals surface area contributed by atoms with Gasteiger partial charge in [-0.15, -0.1) is 0 Å². The zero-order chi connectivity index (χ0) is 9.90. The number of likely N-dealkylation sites (tertiary alicyclic amines) is 1. The van der Waals surface area contributed by atoms with Crippen LogP contribution in [0, 0.1) is 5.92 Å². The van der Waals surface area contributed by atoms with Crippen molar-refractivity contribution in [3.63, 3.8) is 0 Å². The summed E-state index contributed by atoms with van der Waals surface area (Å²) in [6.07, 6.45) is 0.678. The van der Waals surface area contributed by atoms with Gasteiger partial charge in [-0.2, -0.15) is 0 Å². The molecule has 0 bridgehead atoms. The fourth-order valence-electron chi connectivity index (χ4n) is 1.57. The SMILES string of the molecule is NCC(F)(F)CN1CCC(CF)C1.